The van der Waals surface area contributed by atoms with E-state index in [9.17, 15) is 13.2 Å². The molecule has 1 aliphatic heterocycles. The molecule has 7 heteroatoms. The lowest BCUT2D eigenvalue weighted by atomic mass is 10.1. The fraction of sp³-hybridized carbons (Fsp3) is 0.435. The SMILES string of the molecule is CCCc1ccc(S(=O)(=O)N2CCN(CC(=O)N[C@H](C)c3ccccc3)CC2)cc1. The lowest BCUT2D eigenvalue weighted by Crippen LogP contribution is -2.51. The van der Waals surface area contributed by atoms with Gasteiger partial charge in [-0.3, -0.25) is 9.69 Å². The first-order chi connectivity index (χ1) is 14.4. The Hall–Kier alpha value is -2.22. The average Bonchev–Trinajstić information content (AvgIpc) is 2.75. The third-order valence-corrected chi connectivity index (χ3v) is 7.39. The number of rotatable bonds is 8. The molecule has 3 rings (SSSR count). The Morgan fingerprint density at radius 3 is 2.23 bits per heavy atom. The summed E-state index contributed by atoms with van der Waals surface area (Å²) < 4.78 is 27.3. The van der Waals surface area contributed by atoms with Crippen LogP contribution in [-0.4, -0.2) is 56.3 Å². The molecule has 0 aliphatic carbocycles. The predicted molar refractivity (Wildman–Crippen MR) is 119 cm³/mol. The molecule has 2 aromatic rings. The number of piperazine rings is 1. The second-order valence-corrected chi connectivity index (χ2v) is 9.71. The average molecular weight is 430 g/mol. The van der Waals surface area contributed by atoms with Crippen LogP contribution in [0.1, 0.15) is 37.4 Å². The number of sulfonamides is 1. The topological polar surface area (TPSA) is 69.7 Å². The van der Waals surface area contributed by atoms with E-state index in [1.807, 2.05) is 54.3 Å². The Morgan fingerprint density at radius 1 is 1.00 bits per heavy atom. The molecule has 1 N–H and O–H groups in total. The summed E-state index contributed by atoms with van der Waals surface area (Å²) in [5.74, 6) is -0.0471. The standard InChI is InChI=1S/C23H31N3O3S/c1-3-7-20-10-12-22(13-11-20)30(28,29)26-16-14-25(15-17-26)18-23(27)24-19(2)21-8-5-4-6-9-21/h4-6,8-13,19H,3,7,14-18H2,1-2H3,(H,24,27)/t19-/m1/s1. The van der Waals surface area contributed by atoms with Gasteiger partial charge in [-0.25, -0.2) is 8.42 Å². The summed E-state index contributed by atoms with van der Waals surface area (Å²) in [5.41, 5.74) is 2.21. The molecule has 162 valence electrons. The maximum atomic E-state index is 12.9. The molecule has 1 saturated heterocycles. The number of carbonyl (C=O) groups is 1. The highest BCUT2D eigenvalue weighted by molar-refractivity contribution is 7.89. The molecule has 0 spiro atoms. The second kappa shape index (κ2) is 10.2. The van der Waals surface area contributed by atoms with Crippen LogP contribution >= 0.6 is 0 Å². The van der Waals surface area contributed by atoms with E-state index in [1.165, 1.54) is 4.31 Å². The third kappa shape index (κ3) is 5.68. The molecule has 1 atom stereocenters. The Kier molecular flexibility index (Phi) is 7.64. The third-order valence-electron chi connectivity index (χ3n) is 5.48. The van der Waals surface area contributed by atoms with Crippen molar-refractivity contribution < 1.29 is 13.2 Å². The fourth-order valence-corrected chi connectivity index (χ4v) is 5.13. The van der Waals surface area contributed by atoms with E-state index in [4.69, 9.17) is 0 Å². The van der Waals surface area contributed by atoms with Crippen molar-refractivity contribution in [3.63, 3.8) is 0 Å². The van der Waals surface area contributed by atoms with Gasteiger partial charge in [0.25, 0.3) is 0 Å². The van der Waals surface area contributed by atoms with E-state index in [2.05, 4.69) is 12.2 Å². The van der Waals surface area contributed by atoms with E-state index in [-0.39, 0.29) is 18.5 Å². The lowest BCUT2D eigenvalue weighted by molar-refractivity contribution is -0.123. The van der Waals surface area contributed by atoms with Crippen LogP contribution in [-0.2, 0) is 21.2 Å². The largest absolute Gasteiger partial charge is 0.348 e. The highest BCUT2D eigenvalue weighted by atomic mass is 32.2. The summed E-state index contributed by atoms with van der Waals surface area (Å²) in [6.45, 7) is 6.20. The van der Waals surface area contributed by atoms with Crippen LogP contribution in [0.3, 0.4) is 0 Å². The van der Waals surface area contributed by atoms with Gasteiger partial charge in [-0.15, -0.1) is 0 Å². The fourth-order valence-electron chi connectivity index (χ4n) is 3.71. The monoisotopic (exact) mass is 429 g/mol. The molecule has 0 unspecified atom stereocenters. The zero-order valence-corrected chi connectivity index (χ0v) is 18.6. The van der Waals surface area contributed by atoms with Gasteiger partial charge < -0.3 is 5.32 Å². The van der Waals surface area contributed by atoms with E-state index in [1.54, 1.807) is 12.1 Å². The molecule has 1 aliphatic rings. The smallest absolute Gasteiger partial charge is 0.243 e. The van der Waals surface area contributed by atoms with Gasteiger partial charge in [-0.05, 0) is 36.6 Å². The highest BCUT2D eigenvalue weighted by Gasteiger charge is 2.29. The van der Waals surface area contributed by atoms with Gasteiger partial charge in [0.05, 0.1) is 17.5 Å². The van der Waals surface area contributed by atoms with E-state index in [0.717, 1.165) is 24.0 Å². The van der Waals surface area contributed by atoms with Gasteiger partial charge in [-0.2, -0.15) is 4.31 Å². The van der Waals surface area contributed by atoms with Gasteiger partial charge in [0.15, 0.2) is 0 Å². The summed E-state index contributed by atoms with van der Waals surface area (Å²) in [7, 11) is -3.49. The molecule has 2 aromatic carbocycles. The first-order valence-electron chi connectivity index (χ1n) is 10.6. The number of carbonyl (C=O) groups excluding carboxylic acids is 1. The molecule has 0 radical (unpaired) electrons. The first kappa shape index (κ1) is 22.5. The van der Waals surface area contributed by atoms with Gasteiger partial charge in [0, 0.05) is 26.2 Å². The van der Waals surface area contributed by atoms with Crippen molar-refractivity contribution in [2.45, 2.75) is 37.6 Å². The van der Waals surface area contributed by atoms with E-state index in [0.29, 0.717) is 31.1 Å². The number of benzene rings is 2. The minimum atomic E-state index is -3.49. The van der Waals surface area contributed by atoms with Crippen molar-refractivity contribution in [1.82, 2.24) is 14.5 Å². The minimum Gasteiger partial charge on any atom is -0.348 e. The zero-order chi connectivity index (χ0) is 21.6. The number of amides is 1. The molecule has 1 fully saturated rings. The van der Waals surface area contributed by atoms with Crippen molar-refractivity contribution in [3.8, 4) is 0 Å². The molecular formula is C23H31N3O3S. The van der Waals surface area contributed by atoms with E-state index < -0.39 is 10.0 Å². The Morgan fingerprint density at radius 2 is 1.63 bits per heavy atom. The number of nitrogens with one attached hydrogen (secondary N) is 1. The van der Waals surface area contributed by atoms with Crippen LogP contribution in [0, 0.1) is 0 Å². The zero-order valence-electron chi connectivity index (χ0n) is 17.8. The normalized spacial score (nSPS) is 16.9. The molecule has 0 bridgehead atoms. The van der Waals surface area contributed by atoms with Gasteiger partial charge in [0.2, 0.25) is 15.9 Å². The van der Waals surface area contributed by atoms with E-state index >= 15 is 0 Å². The van der Waals surface area contributed by atoms with Crippen molar-refractivity contribution in [3.05, 3.63) is 65.7 Å². The van der Waals surface area contributed by atoms with Crippen molar-refractivity contribution in [2.24, 2.45) is 0 Å². The molecule has 0 aromatic heterocycles. The highest BCUT2D eigenvalue weighted by Crippen LogP contribution is 2.19. The summed E-state index contributed by atoms with van der Waals surface area (Å²) >= 11 is 0. The maximum Gasteiger partial charge on any atom is 0.243 e. The quantitative estimate of drug-likeness (QED) is 0.701. The summed E-state index contributed by atoms with van der Waals surface area (Å²) in [6, 6.07) is 17.0. The number of hydrogen-bond donors (Lipinski definition) is 1. The lowest BCUT2D eigenvalue weighted by Gasteiger charge is -2.33. The Balaban J connectivity index is 1.50. The van der Waals surface area contributed by atoms with Gasteiger partial charge in [-0.1, -0.05) is 55.8 Å². The second-order valence-electron chi connectivity index (χ2n) is 7.77. The van der Waals surface area contributed by atoms with Crippen LogP contribution in [0.25, 0.3) is 0 Å². The Bertz CT molecular complexity index is 922. The Labute approximate surface area is 179 Å². The maximum absolute atomic E-state index is 12.9. The molecule has 6 nitrogen and oxygen atoms in total. The summed E-state index contributed by atoms with van der Waals surface area (Å²) in [4.78, 5) is 14.7. The summed E-state index contributed by atoms with van der Waals surface area (Å²) in [5, 5.41) is 3.01. The van der Waals surface area contributed by atoms with Crippen LogP contribution in [0.2, 0.25) is 0 Å². The van der Waals surface area contributed by atoms with Crippen LogP contribution in [0.4, 0.5) is 0 Å². The number of aryl methyl sites for hydroxylation is 1. The number of nitrogens with zero attached hydrogens (tertiary/aromatic N) is 2. The van der Waals surface area contributed by atoms with Crippen molar-refractivity contribution in [2.75, 3.05) is 32.7 Å². The first-order valence-corrected chi connectivity index (χ1v) is 12.0. The van der Waals surface area contributed by atoms with Crippen LogP contribution in [0.5, 0.6) is 0 Å². The molecular weight excluding hydrogens is 398 g/mol. The molecule has 30 heavy (non-hydrogen) atoms. The van der Waals surface area contributed by atoms with Crippen molar-refractivity contribution >= 4 is 15.9 Å². The van der Waals surface area contributed by atoms with Crippen LogP contribution in [0.15, 0.2) is 59.5 Å². The summed E-state index contributed by atoms with van der Waals surface area (Å²) in [6.07, 6.45) is 1.98. The molecule has 1 amide bonds. The molecule has 1 heterocycles. The molecule has 0 saturated carbocycles. The predicted octanol–water partition coefficient (Wildman–Crippen LogP) is 2.82. The van der Waals surface area contributed by atoms with Crippen LogP contribution < -0.4 is 5.32 Å². The number of hydrogen-bond acceptors (Lipinski definition) is 4. The van der Waals surface area contributed by atoms with Gasteiger partial charge >= 0.3 is 0 Å². The van der Waals surface area contributed by atoms with Crippen molar-refractivity contribution in [1.29, 1.82) is 0 Å². The van der Waals surface area contributed by atoms with Gasteiger partial charge in [0.1, 0.15) is 0 Å². The minimum absolute atomic E-state index is 0.0471.